The fourth-order valence-electron chi connectivity index (χ4n) is 3.02. The summed E-state index contributed by atoms with van der Waals surface area (Å²) in [6.07, 6.45) is 4.00. The molecule has 2 saturated heterocycles. The molecule has 0 spiro atoms. The molecule has 0 aliphatic carbocycles. The lowest BCUT2D eigenvalue weighted by Gasteiger charge is -2.24. The Hall–Kier alpha value is -1.21. The summed E-state index contributed by atoms with van der Waals surface area (Å²) in [5.41, 5.74) is 0.0769. The number of halogens is 1. The summed E-state index contributed by atoms with van der Waals surface area (Å²) in [6, 6.07) is 1.97. The van der Waals surface area contributed by atoms with Crippen molar-refractivity contribution in [3.63, 3.8) is 0 Å². The molecule has 1 aromatic heterocycles. The number of rotatable bonds is 2. The van der Waals surface area contributed by atoms with Crippen molar-refractivity contribution in [1.82, 2.24) is 10.3 Å². The lowest BCUT2D eigenvalue weighted by molar-refractivity contribution is -0.384. The molecule has 7 heteroatoms. The first-order chi connectivity index (χ1) is 9.15. The van der Waals surface area contributed by atoms with Crippen LogP contribution in [0, 0.1) is 16.0 Å². The van der Waals surface area contributed by atoms with Crippen molar-refractivity contribution < 1.29 is 4.92 Å². The molecule has 2 aliphatic heterocycles. The Morgan fingerprint density at radius 2 is 2.37 bits per heavy atom. The van der Waals surface area contributed by atoms with E-state index in [1.54, 1.807) is 6.20 Å². The topological polar surface area (TPSA) is 71.3 Å². The van der Waals surface area contributed by atoms with Crippen molar-refractivity contribution in [3.05, 3.63) is 26.9 Å². The van der Waals surface area contributed by atoms with Crippen LogP contribution in [0.3, 0.4) is 0 Å². The van der Waals surface area contributed by atoms with Crippen LogP contribution >= 0.6 is 15.9 Å². The Bertz CT molecular complexity index is 497. The van der Waals surface area contributed by atoms with Crippen LogP contribution in [0.25, 0.3) is 0 Å². The first-order valence-corrected chi connectivity index (χ1v) is 7.22. The van der Waals surface area contributed by atoms with Gasteiger partial charge in [-0.25, -0.2) is 4.98 Å². The molecule has 1 aromatic rings. The second-order valence-electron chi connectivity index (χ2n) is 5.12. The van der Waals surface area contributed by atoms with E-state index in [0.717, 1.165) is 19.6 Å². The van der Waals surface area contributed by atoms with E-state index in [0.29, 0.717) is 22.3 Å². The lowest BCUT2D eigenvalue weighted by atomic mass is 9.94. The Balaban J connectivity index is 1.88. The van der Waals surface area contributed by atoms with Crippen molar-refractivity contribution in [1.29, 1.82) is 0 Å². The van der Waals surface area contributed by atoms with Crippen molar-refractivity contribution in [2.24, 2.45) is 5.92 Å². The molecule has 102 valence electrons. The number of aromatic nitrogens is 1. The molecular weight excluding hydrogens is 312 g/mol. The van der Waals surface area contributed by atoms with E-state index in [9.17, 15) is 10.1 Å². The van der Waals surface area contributed by atoms with Gasteiger partial charge >= 0.3 is 5.69 Å². The van der Waals surface area contributed by atoms with Crippen molar-refractivity contribution >= 4 is 27.4 Å². The van der Waals surface area contributed by atoms with Crippen LogP contribution in [0.5, 0.6) is 0 Å². The maximum absolute atomic E-state index is 11.1. The van der Waals surface area contributed by atoms with Crippen LogP contribution in [-0.2, 0) is 0 Å². The molecular formula is C12H15BrN4O2. The largest absolute Gasteiger partial charge is 0.349 e. The third kappa shape index (κ3) is 2.44. The normalized spacial score (nSPS) is 26.3. The summed E-state index contributed by atoms with van der Waals surface area (Å²) in [6.45, 7) is 2.71. The molecule has 2 atom stereocenters. The van der Waals surface area contributed by atoms with Gasteiger partial charge in [-0.1, -0.05) is 0 Å². The van der Waals surface area contributed by atoms with Crippen molar-refractivity contribution in [2.45, 2.75) is 18.9 Å². The lowest BCUT2D eigenvalue weighted by Crippen LogP contribution is -2.40. The Morgan fingerprint density at radius 1 is 1.53 bits per heavy atom. The van der Waals surface area contributed by atoms with Gasteiger partial charge in [-0.3, -0.25) is 10.1 Å². The average molecular weight is 327 g/mol. The number of nitro groups is 1. The third-order valence-corrected chi connectivity index (χ3v) is 4.34. The van der Waals surface area contributed by atoms with Gasteiger partial charge in [0.1, 0.15) is 0 Å². The molecule has 0 amide bonds. The van der Waals surface area contributed by atoms with Gasteiger partial charge in [-0.15, -0.1) is 0 Å². The van der Waals surface area contributed by atoms with Crippen molar-refractivity contribution in [3.8, 4) is 0 Å². The molecule has 0 saturated carbocycles. The SMILES string of the molecule is O=[N+]([O-])c1cc(Br)cnc1N1CC2CCCNC2C1. The van der Waals surface area contributed by atoms with E-state index in [-0.39, 0.29) is 10.6 Å². The van der Waals surface area contributed by atoms with E-state index in [2.05, 4.69) is 26.2 Å². The number of hydrogen-bond acceptors (Lipinski definition) is 5. The summed E-state index contributed by atoms with van der Waals surface area (Å²) in [7, 11) is 0. The van der Waals surface area contributed by atoms with Gasteiger partial charge in [0.25, 0.3) is 0 Å². The standard InChI is InChI=1S/C12H15BrN4O2/c13-9-4-11(17(18)19)12(15-5-9)16-6-8-2-1-3-14-10(8)7-16/h4-5,8,10,14H,1-3,6-7H2. The molecule has 6 nitrogen and oxygen atoms in total. The second-order valence-corrected chi connectivity index (χ2v) is 6.04. The minimum atomic E-state index is -0.359. The molecule has 2 fully saturated rings. The predicted octanol–water partition coefficient (Wildman–Crippen LogP) is 1.94. The smallest absolute Gasteiger partial charge is 0.312 e. The summed E-state index contributed by atoms with van der Waals surface area (Å²) in [5, 5.41) is 14.6. The van der Waals surface area contributed by atoms with Crippen LogP contribution in [0.1, 0.15) is 12.8 Å². The number of fused-ring (bicyclic) bond motifs is 1. The number of nitrogens with one attached hydrogen (secondary N) is 1. The first-order valence-electron chi connectivity index (χ1n) is 6.43. The van der Waals surface area contributed by atoms with E-state index in [1.807, 2.05) is 4.90 Å². The minimum Gasteiger partial charge on any atom is -0.349 e. The zero-order chi connectivity index (χ0) is 13.4. The Morgan fingerprint density at radius 3 is 3.11 bits per heavy atom. The van der Waals surface area contributed by atoms with Crippen LogP contribution in [0.15, 0.2) is 16.7 Å². The molecule has 2 unspecified atom stereocenters. The first kappa shape index (κ1) is 12.8. The van der Waals surface area contributed by atoms with Gasteiger partial charge in [-0.2, -0.15) is 0 Å². The predicted molar refractivity (Wildman–Crippen MR) is 75.3 cm³/mol. The molecule has 1 N–H and O–H groups in total. The molecule has 0 radical (unpaired) electrons. The zero-order valence-corrected chi connectivity index (χ0v) is 12.0. The van der Waals surface area contributed by atoms with Gasteiger partial charge in [-0.05, 0) is 41.2 Å². The zero-order valence-electron chi connectivity index (χ0n) is 10.4. The summed E-state index contributed by atoms with van der Waals surface area (Å²) < 4.78 is 0.637. The van der Waals surface area contributed by atoms with Crippen molar-refractivity contribution in [2.75, 3.05) is 24.5 Å². The maximum Gasteiger partial charge on any atom is 0.312 e. The minimum absolute atomic E-state index is 0.0769. The van der Waals surface area contributed by atoms with E-state index in [4.69, 9.17) is 0 Å². The Labute approximate surface area is 119 Å². The van der Waals surface area contributed by atoms with Crippen LogP contribution < -0.4 is 10.2 Å². The van der Waals surface area contributed by atoms with Gasteiger partial charge < -0.3 is 10.2 Å². The highest BCUT2D eigenvalue weighted by Gasteiger charge is 2.37. The number of hydrogen-bond donors (Lipinski definition) is 1. The molecule has 2 aliphatic rings. The Kier molecular flexibility index (Phi) is 3.40. The van der Waals surface area contributed by atoms with Gasteiger partial charge in [0.2, 0.25) is 5.82 Å². The molecule has 0 bridgehead atoms. The number of pyridine rings is 1. The second kappa shape index (κ2) is 5.05. The van der Waals surface area contributed by atoms with Gasteiger partial charge in [0, 0.05) is 35.9 Å². The highest BCUT2D eigenvalue weighted by molar-refractivity contribution is 9.10. The van der Waals surface area contributed by atoms with E-state index >= 15 is 0 Å². The summed E-state index contributed by atoms with van der Waals surface area (Å²) in [4.78, 5) is 17.1. The van der Waals surface area contributed by atoms with E-state index < -0.39 is 0 Å². The molecule has 0 aromatic carbocycles. The van der Waals surface area contributed by atoms with Gasteiger partial charge in [0.05, 0.1) is 4.92 Å². The highest BCUT2D eigenvalue weighted by atomic mass is 79.9. The molecule has 19 heavy (non-hydrogen) atoms. The quantitative estimate of drug-likeness (QED) is 0.664. The summed E-state index contributed by atoms with van der Waals surface area (Å²) >= 11 is 3.24. The fourth-order valence-corrected chi connectivity index (χ4v) is 3.34. The number of nitrogens with zero attached hydrogens (tertiary/aromatic N) is 3. The third-order valence-electron chi connectivity index (χ3n) is 3.91. The summed E-state index contributed by atoms with van der Waals surface area (Å²) in [5.74, 6) is 1.07. The average Bonchev–Trinajstić information content (AvgIpc) is 2.82. The van der Waals surface area contributed by atoms with E-state index in [1.165, 1.54) is 18.9 Å². The van der Waals surface area contributed by atoms with Gasteiger partial charge in [0.15, 0.2) is 0 Å². The van der Waals surface area contributed by atoms with Crippen LogP contribution in [-0.4, -0.2) is 35.6 Å². The monoisotopic (exact) mass is 326 g/mol. The fraction of sp³-hybridized carbons (Fsp3) is 0.583. The molecule has 3 rings (SSSR count). The highest BCUT2D eigenvalue weighted by Crippen LogP contribution is 2.34. The van der Waals surface area contributed by atoms with Crippen LogP contribution in [0.2, 0.25) is 0 Å². The van der Waals surface area contributed by atoms with Crippen LogP contribution in [0.4, 0.5) is 11.5 Å². The molecule has 3 heterocycles. The maximum atomic E-state index is 11.1. The number of piperidine rings is 1. The number of anilines is 1.